The van der Waals surface area contributed by atoms with Crippen LogP contribution in [0, 0.1) is 11.6 Å². The number of nitrogens with zero attached hydrogens (tertiary/aromatic N) is 1. The van der Waals surface area contributed by atoms with E-state index >= 15 is 0 Å². The van der Waals surface area contributed by atoms with E-state index in [0.29, 0.717) is 11.8 Å². The number of rotatable bonds is 5. The molecule has 11 heteroatoms. The van der Waals surface area contributed by atoms with E-state index in [-0.39, 0.29) is 54.8 Å². The molecule has 2 aromatic carbocycles. The lowest BCUT2D eigenvalue weighted by molar-refractivity contribution is -0.0126. The van der Waals surface area contributed by atoms with Crippen LogP contribution >= 0.6 is 11.6 Å². The first-order valence-corrected chi connectivity index (χ1v) is 12.9. The number of hydrogen-bond acceptors (Lipinski definition) is 4. The van der Waals surface area contributed by atoms with Crippen molar-refractivity contribution in [2.75, 3.05) is 13.1 Å². The third-order valence-corrected chi connectivity index (χ3v) is 8.71. The fraction of sp³-hybridized carbons (Fsp3) is 0.375. The Hall–Kier alpha value is -2.40. The number of allylic oxidation sites excluding steroid dienone is 2. The Kier molecular flexibility index (Phi) is 7.28. The molecule has 6 nitrogen and oxygen atoms in total. The third kappa shape index (κ3) is 5.40. The Morgan fingerprint density at radius 1 is 1.14 bits per heavy atom. The van der Waals surface area contributed by atoms with Gasteiger partial charge in [0.05, 0.1) is 15.9 Å². The van der Waals surface area contributed by atoms with Gasteiger partial charge in [-0.15, -0.1) is 11.6 Å². The van der Waals surface area contributed by atoms with E-state index in [2.05, 4.69) is 5.32 Å². The summed E-state index contributed by atoms with van der Waals surface area (Å²) in [5.74, 6) is -2.21. The fourth-order valence-electron chi connectivity index (χ4n) is 4.32. The van der Waals surface area contributed by atoms with Gasteiger partial charge in [-0.3, -0.25) is 4.79 Å². The maximum atomic E-state index is 14.2. The van der Waals surface area contributed by atoms with Crippen molar-refractivity contribution in [1.29, 1.82) is 0 Å². The van der Waals surface area contributed by atoms with Gasteiger partial charge in [0.15, 0.2) is 0 Å². The molecular formula is C24H24ClF3N2O4S. The molecule has 1 fully saturated rings. The number of piperidine rings is 1. The first-order valence-electron chi connectivity index (χ1n) is 11.1. The normalized spacial score (nSPS) is 22.9. The zero-order valence-electron chi connectivity index (χ0n) is 18.6. The summed E-state index contributed by atoms with van der Waals surface area (Å²) in [5.41, 5.74) is -1.13. The molecule has 0 aromatic heterocycles. The van der Waals surface area contributed by atoms with Crippen molar-refractivity contribution in [3.63, 3.8) is 0 Å². The highest BCUT2D eigenvalue weighted by Gasteiger charge is 2.40. The Bertz CT molecular complexity index is 1260. The highest BCUT2D eigenvalue weighted by Crippen LogP contribution is 2.36. The van der Waals surface area contributed by atoms with Gasteiger partial charge in [0.25, 0.3) is 5.91 Å². The van der Waals surface area contributed by atoms with Crippen LogP contribution in [0.15, 0.2) is 59.1 Å². The molecule has 0 bridgehead atoms. The van der Waals surface area contributed by atoms with Crippen molar-refractivity contribution in [1.82, 2.24) is 9.62 Å². The summed E-state index contributed by atoms with van der Waals surface area (Å²) in [7, 11) is -4.01. The zero-order chi connectivity index (χ0) is 25.4. The summed E-state index contributed by atoms with van der Waals surface area (Å²) in [5, 5.41) is 12.8. The number of benzene rings is 2. The largest absolute Gasteiger partial charge is 0.385 e. The summed E-state index contributed by atoms with van der Waals surface area (Å²) in [6, 6.07) is 8.38. The van der Waals surface area contributed by atoms with E-state index in [1.807, 2.05) is 0 Å². The van der Waals surface area contributed by atoms with Crippen LogP contribution in [-0.4, -0.2) is 48.4 Å². The quantitative estimate of drug-likeness (QED) is 0.575. The van der Waals surface area contributed by atoms with Gasteiger partial charge >= 0.3 is 0 Å². The highest BCUT2D eigenvalue weighted by molar-refractivity contribution is 7.89. The number of aliphatic hydroxyl groups is 1. The molecule has 188 valence electrons. The average Bonchev–Trinajstić information content (AvgIpc) is 2.81. The van der Waals surface area contributed by atoms with Crippen LogP contribution in [0.4, 0.5) is 13.2 Å². The highest BCUT2D eigenvalue weighted by atomic mass is 35.5. The summed E-state index contributed by atoms with van der Waals surface area (Å²) in [6.07, 6.45) is 0.434. The maximum absolute atomic E-state index is 14.2. The van der Waals surface area contributed by atoms with Crippen molar-refractivity contribution < 1.29 is 31.5 Å². The fourth-order valence-corrected chi connectivity index (χ4v) is 6.08. The van der Waals surface area contributed by atoms with Crippen LogP contribution in [-0.2, 0) is 15.6 Å². The van der Waals surface area contributed by atoms with E-state index in [0.717, 1.165) is 10.4 Å². The second-order valence-corrected chi connectivity index (χ2v) is 11.2. The van der Waals surface area contributed by atoms with Gasteiger partial charge < -0.3 is 10.4 Å². The summed E-state index contributed by atoms with van der Waals surface area (Å²) in [4.78, 5) is 12.6. The van der Waals surface area contributed by atoms with E-state index in [1.165, 1.54) is 30.3 Å². The molecule has 1 aliphatic heterocycles. The predicted octanol–water partition coefficient (Wildman–Crippen LogP) is 3.99. The Morgan fingerprint density at radius 2 is 1.86 bits per heavy atom. The second-order valence-electron chi connectivity index (χ2n) is 8.74. The number of halogens is 4. The molecule has 2 aromatic rings. The van der Waals surface area contributed by atoms with Crippen molar-refractivity contribution in [3.8, 4) is 0 Å². The van der Waals surface area contributed by atoms with Gasteiger partial charge in [-0.25, -0.2) is 21.6 Å². The minimum atomic E-state index is -4.01. The van der Waals surface area contributed by atoms with Crippen molar-refractivity contribution in [2.24, 2.45) is 0 Å². The molecule has 1 saturated heterocycles. The number of alkyl halides is 2. The van der Waals surface area contributed by atoms with Crippen LogP contribution in [0.5, 0.6) is 0 Å². The Labute approximate surface area is 206 Å². The molecule has 1 amide bonds. The lowest BCUT2D eigenvalue weighted by atomic mass is 9.85. The van der Waals surface area contributed by atoms with Crippen LogP contribution in [0.3, 0.4) is 0 Å². The van der Waals surface area contributed by atoms with E-state index in [4.69, 9.17) is 11.6 Å². The number of nitrogens with one attached hydrogen (secondary N) is 1. The molecule has 2 atom stereocenters. The second kappa shape index (κ2) is 9.93. The molecule has 2 aliphatic rings. The van der Waals surface area contributed by atoms with Crippen LogP contribution in [0.1, 0.15) is 41.6 Å². The molecule has 2 unspecified atom stereocenters. The molecule has 0 spiro atoms. The summed E-state index contributed by atoms with van der Waals surface area (Å²) in [6.45, 7) is -0.194. The summed E-state index contributed by atoms with van der Waals surface area (Å²) >= 11 is 5.93. The monoisotopic (exact) mass is 528 g/mol. The maximum Gasteiger partial charge on any atom is 0.255 e. The Balaban J connectivity index is 1.47. The average molecular weight is 529 g/mol. The number of amides is 1. The molecule has 1 aliphatic carbocycles. The third-order valence-electron chi connectivity index (χ3n) is 6.39. The minimum absolute atomic E-state index is 0.0788. The van der Waals surface area contributed by atoms with Gasteiger partial charge in [-0.2, -0.15) is 4.31 Å². The first kappa shape index (κ1) is 25.7. The van der Waals surface area contributed by atoms with Crippen LogP contribution in [0.25, 0.3) is 0 Å². The predicted molar refractivity (Wildman–Crippen MR) is 124 cm³/mol. The number of sulfonamides is 1. The first-order chi connectivity index (χ1) is 16.5. The molecule has 0 radical (unpaired) electrons. The lowest BCUT2D eigenvalue weighted by Gasteiger charge is -2.38. The van der Waals surface area contributed by atoms with Gasteiger partial charge in [0, 0.05) is 42.4 Å². The van der Waals surface area contributed by atoms with Crippen LogP contribution in [0.2, 0.25) is 0 Å². The number of carbonyl (C=O) groups is 1. The van der Waals surface area contributed by atoms with Gasteiger partial charge in [-0.05, 0) is 43.5 Å². The topological polar surface area (TPSA) is 86.7 Å². The standard InChI is InChI=1S/C24H24ClF3N2O4S/c25-20-14-17(5-7-21(20)27)29-23(31)15-2-1-3-18(12-15)35(33,34)30-10-8-24(32,9-11-30)19-6-4-16(26)13-22(19)28/h1-6,12-13,20-21,32H,7-11,14H2,(H,29,31). The smallest absolute Gasteiger partial charge is 0.255 e. The van der Waals surface area contributed by atoms with Gasteiger partial charge in [0.1, 0.15) is 17.8 Å². The molecule has 2 N–H and O–H groups in total. The van der Waals surface area contributed by atoms with Crippen molar-refractivity contribution in [2.45, 2.75) is 47.7 Å². The zero-order valence-corrected chi connectivity index (χ0v) is 20.1. The summed E-state index contributed by atoms with van der Waals surface area (Å²) < 4.78 is 68.6. The minimum Gasteiger partial charge on any atom is -0.385 e. The van der Waals surface area contributed by atoms with Gasteiger partial charge in [-0.1, -0.05) is 18.2 Å². The van der Waals surface area contributed by atoms with E-state index in [9.17, 15) is 31.5 Å². The molecular weight excluding hydrogens is 505 g/mol. The number of carbonyl (C=O) groups excluding carboxylic acids is 1. The SMILES string of the molecule is O=C(NC1=CCC(F)C(Cl)C1)c1cccc(S(=O)(=O)N2CCC(O)(c3ccc(F)cc3F)CC2)c1. The Morgan fingerprint density at radius 3 is 2.51 bits per heavy atom. The van der Waals surface area contributed by atoms with E-state index < -0.39 is 44.7 Å². The van der Waals surface area contributed by atoms with Crippen molar-refractivity contribution in [3.05, 3.63) is 77.0 Å². The number of hydrogen-bond donors (Lipinski definition) is 2. The molecule has 0 saturated carbocycles. The molecule has 1 heterocycles. The molecule has 35 heavy (non-hydrogen) atoms. The lowest BCUT2D eigenvalue weighted by Crippen LogP contribution is -2.45. The van der Waals surface area contributed by atoms with Gasteiger partial charge in [0.2, 0.25) is 10.0 Å². The van der Waals surface area contributed by atoms with Crippen LogP contribution < -0.4 is 5.32 Å². The molecule has 4 rings (SSSR count). The van der Waals surface area contributed by atoms with E-state index in [1.54, 1.807) is 6.08 Å². The van der Waals surface area contributed by atoms with Crippen molar-refractivity contribution >= 4 is 27.5 Å².